The first kappa shape index (κ1) is 15.2. The van der Waals surface area contributed by atoms with Gasteiger partial charge in [0.1, 0.15) is 0 Å². The van der Waals surface area contributed by atoms with E-state index in [-0.39, 0.29) is 17.9 Å². The molecule has 0 radical (unpaired) electrons. The number of hydrogen-bond acceptors (Lipinski definition) is 5. The van der Waals surface area contributed by atoms with Crippen LogP contribution in [-0.2, 0) is 22.5 Å². The fourth-order valence-electron chi connectivity index (χ4n) is 2.35. The molecule has 1 aliphatic carbocycles. The Labute approximate surface area is 133 Å². The lowest BCUT2D eigenvalue weighted by atomic mass is 10.2. The summed E-state index contributed by atoms with van der Waals surface area (Å²) in [7, 11) is 1.61. The summed E-state index contributed by atoms with van der Waals surface area (Å²) in [6.45, 7) is 2.20. The lowest BCUT2D eigenvalue weighted by Gasteiger charge is -2.26. The van der Waals surface area contributed by atoms with Gasteiger partial charge in [0.25, 0.3) is 0 Å². The number of carbonyl (C=O) groups excluding carboxylic acids is 2. The van der Waals surface area contributed by atoms with E-state index in [1.165, 1.54) is 11.3 Å². The van der Waals surface area contributed by atoms with Gasteiger partial charge in [-0.1, -0.05) is 11.3 Å². The van der Waals surface area contributed by atoms with Crippen molar-refractivity contribution in [2.45, 2.75) is 25.8 Å². The zero-order chi connectivity index (χ0) is 15.5. The highest BCUT2D eigenvalue weighted by atomic mass is 32.1. The lowest BCUT2D eigenvalue weighted by Crippen LogP contribution is -2.43. The van der Waals surface area contributed by atoms with E-state index < -0.39 is 0 Å². The van der Waals surface area contributed by atoms with Crippen LogP contribution in [0.15, 0.2) is 0 Å². The highest BCUT2D eigenvalue weighted by Gasteiger charge is 2.31. The third-order valence-electron chi connectivity index (χ3n) is 3.78. The van der Waals surface area contributed by atoms with Crippen molar-refractivity contribution in [3.05, 3.63) is 10.6 Å². The summed E-state index contributed by atoms with van der Waals surface area (Å²) in [4.78, 5) is 31.1. The molecule has 1 saturated carbocycles. The van der Waals surface area contributed by atoms with Crippen LogP contribution in [0.4, 0.5) is 9.93 Å². The highest BCUT2D eigenvalue weighted by molar-refractivity contribution is 7.15. The predicted molar refractivity (Wildman–Crippen MR) is 82.9 cm³/mol. The van der Waals surface area contributed by atoms with Crippen LogP contribution in [0.25, 0.3) is 0 Å². The van der Waals surface area contributed by atoms with Gasteiger partial charge in [0.05, 0.1) is 18.8 Å². The fourth-order valence-corrected chi connectivity index (χ4v) is 3.37. The molecule has 0 aromatic carbocycles. The van der Waals surface area contributed by atoms with Crippen molar-refractivity contribution in [1.29, 1.82) is 0 Å². The number of anilines is 1. The molecule has 8 heteroatoms. The monoisotopic (exact) mass is 324 g/mol. The van der Waals surface area contributed by atoms with Crippen molar-refractivity contribution >= 4 is 28.4 Å². The van der Waals surface area contributed by atoms with Crippen molar-refractivity contribution in [1.82, 2.24) is 15.2 Å². The van der Waals surface area contributed by atoms with Gasteiger partial charge in [-0.2, -0.15) is 0 Å². The minimum absolute atomic E-state index is 0.0697. The summed E-state index contributed by atoms with van der Waals surface area (Å²) < 4.78 is 4.92. The third kappa shape index (κ3) is 3.56. The number of nitrogens with one attached hydrogen (secondary N) is 2. The topological polar surface area (TPSA) is 83.6 Å². The Bertz CT molecular complexity index is 570. The first-order valence-corrected chi connectivity index (χ1v) is 8.30. The van der Waals surface area contributed by atoms with Crippen LogP contribution in [0.1, 0.15) is 23.4 Å². The molecule has 1 aromatic rings. The molecule has 0 saturated heterocycles. The minimum Gasteiger partial charge on any atom is -0.383 e. The largest absolute Gasteiger partial charge is 0.383 e. The Morgan fingerprint density at radius 3 is 3.00 bits per heavy atom. The quantitative estimate of drug-likeness (QED) is 0.797. The number of ether oxygens (including phenoxy) is 1. The van der Waals surface area contributed by atoms with Crippen LogP contribution >= 0.6 is 11.3 Å². The maximum absolute atomic E-state index is 12.0. The SMILES string of the molecule is COCCNC(=O)N1CCc2nc(NC(=O)C3CC3)sc2C1. The molecule has 0 bridgehead atoms. The standard InChI is InChI=1S/C14H20N4O3S/c1-21-7-5-15-14(20)18-6-4-10-11(8-18)22-13(16-10)17-12(19)9-2-3-9/h9H,2-8H2,1H3,(H,15,20)(H,16,17,19). The van der Waals surface area contributed by atoms with Crippen molar-refractivity contribution in [2.24, 2.45) is 5.92 Å². The number of hydrogen-bond donors (Lipinski definition) is 2. The van der Waals surface area contributed by atoms with Crippen LogP contribution in [0.3, 0.4) is 0 Å². The number of nitrogens with zero attached hydrogens (tertiary/aromatic N) is 2. The zero-order valence-corrected chi connectivity index (χ0v) is 13.4. The second kappa shape index (κ2) is 6.62. The molecular weight excluding hydrogens is 304 g/mol. The second-order valence-electron chi connectivity index (χ2n) is 5.55. The number of urea groups is 1. The van der Waals surface area contributed by atoms with E-state index in [1.54, 1.807) is 12.0 Å². The van der Waals surface area contributed by atoms with Crippen LogP contribution < -0.4 is 10.6 Å². The van der Waals surface area contributed by atoms with E-state index in [1.807, 2.05) is 0 Å². The molecule has 1 aliphatic heterocycles. The molecule has 2 aliphatic rings. The predicted octanol–water partition coefficient (Wildman–Crippen LogP) is 1.21. The molecule has 120 valence electrons. The van der Waals surface area contributed by atoms with Gasteiger partial charge in [-0.3, -0.25) is 4.79 Å². The molecule has 1 fully saturated rings. The third-order valence-corrected chi connectivity index (χ3v) is 4.78. The smallest absolute Gasteiger partial charge is 0.317 e. The van der Waals surface area contributed by atoms with Crippen LogP contribution in [-0.4, -0.2) is 48.6 Å². The molecule has 0 spiro atoms. The van der Waals surface area contributed by atoms with Gasteiger partial charge in [0.2, 0.25) is 5.91 Å². The van der Waals surface area contributed by atoms with Crippen molar-refractivity contribution in [3.8, 4) is 0 Å². The summed E-state index contributed by atoms with van der Waals surface area (Å²) in [5, 5.41) is 6.36. The van der Waals surface area contributed by atoms with E-state index in [9.17, 15) is 9.59 Å². The molecule has 2 N–H and O–H groups in total. The Kier molecular flexibility index (Phi) is 4.58. The van der Waals surface area contributed by atoms with Crippen LogP contribution in [0.5, 0.6) is 0 Å². The Hall–Kier alpha value is -1.67. The van der Waals surface area contributed by atoms with Crippen molar-refractivity contribution in [3.63, 3.8) is 0 Å². The molecule has 7 nitrogen and oxygen atoms in total. The maximum Gasteiger partial charge on any atom is 0.317 e. The molecular formula is C14H20N4O3S. The van der Waals surface area contributed by atoms with Gasteiger partial charge in [-0.15, -0.1) is 0 Å². The first-order valence-electron chi connectivity index (χ1n) is 7.48. The van der Waals surface area contributed by atoms with Gasteiger partial charge in [-0.25, -0.2) is 9.78 Å². The van der Waals surface area contributed by atoms with E-state index in [4.69, 9.17) is 4.74 Å². The van der Waals surface area contributed by atoms with Crippen molar-refractivity contribution < 1.29 is 14.3 Å². The molecule has 1 aromatic heterocycles. The van der Waals surface area contributed by atoms with E-state index >= 15 is 0 Å². The number of methoxy groups -OCH3 is 1. The summed E-state index contributed by atoms with van der Waals surface area (Å²) in [5.41, 5.74) is 0.997. The number of amides is 3. The van der Waals surface area contributed by atoms with Crippen LogP contribution in [0, 0.1) is 5.92 Å². The van der Waals surface area contributed by atoms with E-state index in [2.05, 4.69) is 15.6 Å². The zero-order valence-electron chi connectivity index (χ0n) is 12.6. The average Bonchev–Trinajstić information content (AvgIpc) is 3.28. The summed E-state index contributed by atoms with van der Waals surface area (Å²) in [5.74, 6) is 0.240. The Balaban J connectivity index is 1.56. The first-order chi connectivity index (χ1) is 10.7. The summed E-state index contributed by atoms with van der Waals surface area (Å²) >= 11 is 1.47. The minimum atomic E-state index is -0.0836. The van der Waals surface area contributed by atoms with Crippen LogP contribution in [0.2, 0.25) is 0 Å². The van der Waals surface area contributed by atoms with Gasteiger partial charge in [0.15, 0.2) is 5.13 Å². The van der Waals surface area contributed by atoms with Crippen molar-refractivity contribution in [2.75, 3.05) is 32.1 Å². The average molecular weight is 324 g/mol. The van der Waals surface area contributed by atoms with E-state index in [0.29, 0.717) is 31.4 Å². The Morgan fingerprint density at radius 1 is 1.45 bits per heavy atom. The molecule has 0 unspecified atom stereocenters. The fraction of sp³-hybridized carbons (Fsp3) is 0.643. The lowest BCUT2D eigenvalue weighted by molar-refractivity contribution is -0.117. The molecule has 22 heavy (non-hydrogen) atoms. The number of rotatable bonds is 5. The summed E-state index contributed by atoms with van der Waals surface area (Å²) in [6, 6.07) is -0.0836. The van der Waals surface area contributed by atoms with Gasteiger partial charge < -0.3 is 20.3 Å². The molecule has 3 amide bonds. The van der Waals surface area contributed by atoms with Gasteiger partial charge in [0, 0.05) is 37.4 Å². The normalized spacial score (nSPS) is 17.0. The number of carbonyl (C=O) groups is 2. The highest BCUT2D eigenvalue weighted by Crippen LogP contribution is 2.32. The summed E-state index contributed by atoms with van der Waals surface area (Å²) in [6.07, 6.45) is 2.68. The number of aromatic nitrogens is 1. The number of fused-ring (bicyclic) bond motifs is 1. The molecule has 0 atom stereocenters. The molecule has 2 heterocycles. The Morgan fingerprint density at radius 2 is 2.27 bits per heavy atom. The number of thiazole rings is 1. The van der Waals surface area contributed by atoms with E-state index in [0.717, 1.165) is 29.8 Å². The second-order valence-corrected chi connectivity index (χ2v) is 6.63. The maximum atomic E-state index is 12.0. The molecule has 3 rings (SSSR count). The van der Waals surface area contributed by atoms with Gasteiger partial charge >= 0.3 is 6.03 Å². The van der Waals surface area contributed by atoms with Gasteiger partial charge in [-0.05, 0) is 12.8 Å².